The Kier molecular flexibility index (Phi) is 4.77. The number of nitrogens with zero attached hydrogens (tertiary/aromatic N) is 1. The van der Waals surface area contributed by atoms with Crippen LogP contribution in [0.1, 0.15) is 26.3 Å². The monoisotopic (exact) mass is 344 g/mol. The second-order valence-corrected chi connectivity index (χ2v) is 6.65. The van der Waals surface area contributed by atoms with Crippen molar-refractivity contribution in [3.05, 3.63) is 29.8 Å². The van der Waals surface area contributed by atoms with Crippen LogP contribution in [-0.2, 0) is 15.7 Å². The third-order valence-electron chi connectivity index (χ3n) is 3.36. The first-order chi connectivity index (χ1) is 11.0. The Morgan fingerprint density at radius 3 is 2.38 bits per heavy atom. The van der Waals surface area contributed by atoms with E-state index in [2.05, 4.69) is 5.32 Å². The number of alkyl halides is 3. The lowest BCUT2D eigenvalue weighted by Crippen LogP contribution is -2.55. The van der Waals surface area contributed by atoms with E-state index in [0.29, 0.717) is 0 Å². The maximum atomic E-state index is 12.6. The maximum absolute atomic E-state index is 12.6. The number of carbonyl (C=O) groups excluding carboxylic acids is 2. The van der Waals surface area contributed by atoms with Gasteiger partial charge in [-0.2, -0.15) is 13.2 Å². The molecule has 1 saturated heterocycles. The van der Waals surface area contributed by atoms with Gasteiger partial charge in [0.25, 0.3) is 0 Å². The fraction of sp³-hybridized carbons (Fsp3) is 0.500. The van der Waals surface area contributed by atoms with E-state index >= 15 is 0 Å². The van der Waals surface area contributed by atoms with Crippen molar-refractivity contribution in [3.8, 4) is 0 Å². The zero-order chi connectivity index (χ0) is 18.1. The molecule has 0 aromatic heterocycles. The lowest BCUT2D eigenvalue weighted by atomic mass is 9.99. The number of hydrogen-bond donors (Lipinski definition) is 1. The maximum Gasteiger partial charge on any atom is 0.416 e. The molecule has 24 heavy (non-hydrogen) atoms. The minimum atomic E-state index is -4.47. The number of nitrogens with one attached hydrogen (secondary N) is 1. The summed E-state index contributed by atoms with van der Waals surface area (Å²) >= 11 is 0. The zero-order valence-corrected chi connectivity index (χ0v) is 13.6. The molecule has 1 aliphatic heterocycles. The van der Waals surface area contributed by atoms with Gasteiger partial charge < -0.3 is 15.0 Å². The van der Waals surface area contributed by atoms with E-state index < -0.39 is 35.3 Å². The molecule has 132 valence electrons. The molecule has 1 fully saturated rings. The zero-order valence-electron chi connectivity index (χ0n) is 13.6. The van der Waals surface area contributed by atoms with Crippen molar-refractivity contribution in [2.45, 2.75) is 32.5 Å². The third kappa shape index (κ3) is 4.62. The van der Waals surface area contributed by atoms with Crippen molar-refractivity contribution < 1.29 is 27.5 Å². The third-order valence-corrected chi connectivity index (χ3v) is 3.36. The van der Waals surface area contributed by atoms with Gasteiger partial charge in [-0.1, -0.05) is 6.07 Å². The van der Waals surface area contributed by atoms with Gasteiger partial charge in [0, 0.05) is 18.8 Å². The SMILES string of the molecule is CC(C)(C)OC(=O)N1CC(C(=O)Nc2cccc(C(F)(F)F)c2)C1. The number of rotatable bonds is 2. The van der Waals surface area contributed by atoms with Gasteiger partial charge in [0.15, 0.2) is 0 Å². The Hall–Kier alpha value is -2.25. The average molecular weight is 344 g/mol. The fourth-order valence-corrected chi connectivity index (χ4v) is 2.14. The summed E-state index contributed by atoms with van der Waals surface area (Å²) in [7, 11) is 0. The molecule has 1 aliphatic rings. The normalized spacial score (nSPS) is 15.7. The van der Waals surface area contributed by atoms with Crippen LogP contribution in [0.4, 0.5) is 23.7 Å². The second-order valence-electron chi connectivity index (χ2n) is 6.65. The Morgan fingerprint density at radius 1 is 1.21 bits per heavy atom. The van der Waals surface area contributed by atoms with Crippen LogP contribution in [-0.4, -0.2) is 35.6 Å². The molecule has 1 aromatic carbocycles. The van der Waals surface area contributed by atoms with Gasteiger partial charge in [0.1, 0.15) is 5.60 Å². The molecular weight excluding hydrogens is 325 g/mol. The molecule has 2 rings (SSSR count). The van der Waals surface area contributed by atoms with E-state index in [4.69, 9.17) is 4.74 Å². The summed E-state index contributed by atoms with van der Waals surface area (Å²) in [5.74, 6) is -0.888. The first-order valence-electron chi connectivity index (χ1n) is 7.42. The highest BCUT2D eigenvalue weighted by Gasteiger charge is 2.38. The van der Waals surface area contributed by atoms with Crippen LogP contribution >= 0.6 is 0 Å². The Bertz CT molecular complexity index is 632. The van der Waals surface area contributed by atoms with Crippen LogP contribution in [0.25, 0.3) is 0 Å². The molecule has 0 atom stereocenters. The largest absolute Gasteiger partial charge is 0.444 e. The van der Waals surface area contributed by atoms with E-state index in [0.717, 1.165) is 12.1 Å². The lowest BCUT2D eigenvalue weighted by Gasteiger charge is -2.38. The van der Waals surface area contributed by atoms with Crippen molar-refractivity contribution in [1.29, 1.82) is 0 Å². The molecule has 5 nitrogen and oxygen atoms in total. The van der Waals surface area contributed by atoms with Gasteiger partial charge in [-0.15, -0.1) is 0 Å². The summed E-state index contributed by atoms with van der Waals surface area (Å²) in [5.41, 5.74) is -1.38. The molecule has 0 bridgehead atoms. The fourth-order valence-electron chi connectivity index (χ4n) is 2.14. The van der Waals surface area contributed by atoms with Gasteiger partial charge in [-0.25, -0.2) is 4.79 Å². The van der Waals surface area contributed by atoms with E-state index in [1.165, 1.54) is 17.0 Å². The molecule has 0 saturated carbocycles. The lowest BCUT2D eigenvalue weighted by molar-refractivity contribution is -0.137. The van der Waals surface area contributed by atoms with Crippen LogP contribution < -0.4 is 5.32 Å². The van der Waals surface area contributed by atoms with Gasteiger partial charge >= 0.3 is 12.3 Å². The number of benzene rings is 1. The molecule has 0 unspecified atom stereocenters. The average Bonchev–Trinajstić information content (AvgIpc) is 2.33. The quantitative estimate of drug-likeness (QED) is 0.893. The molecular formula is C16H19F3N2O3. The van der Waals surface area contributed by atoms with Crippen LogP contribution in [0.5, 0.6) is 0 Å². The van der Waals surface area contributed by atoms with Crippen LogP contribution in [0.2, 0.25) is 0 Å². The Labute approximate surface area is 137 Å². The number of amides is 2. The molecule has 0 aliphatic carbocycles. The highest BCUT2D eigenvalue weighted by molar-refractivity contribution is 5.94. The first-order valence-corrected chi connectivity index (χ1v) is 7.42. The second kappa shape index (κ2) is 6.33. The first kappa shape index (κ1) is 18.1. The van der Waals surface area contributed by atoms with E-state index in [1.807, 2.05) is 0 Å². The summed E-state index contributed by atoms with van der Waals surface area (Å²) in [4.78, 5) is 25.2. The van der Waals surface area contributed by atoms with Crippen molar-refractivity contribution in [3.63, 3.8) is 0 Å². The minimum absolute atomic E-state index is 0.0746. The number of carbonyl (C=O) groups is 2. The number of likely N-dealkylation sites (tertiary alicyclic amines) is 1. The standard InChI is InChI=1S/C16H19F3N2O3/c1-15(2,3)24-14(23)21-8-10(9-21)13(22)20-12-6-4-5-11(7-12)16(17,18)19/h4-7,10H,8-9H2,1-3H3,(H,20,22). The predicted molar refractivity (Wildman–Crippen MR) is 81.4 cm³/mol. The summed E-state index contributed by atoms with van der Waals surface area (Å²) in [6.45, 7) is 5.58. The smallest absolute Gasteiger partial charge is 0.416 e. The van der Waals surface area contributed by atoms with E-state index in [9.17, 15) is 22.8 Å². The van der Waals surface area contributed by atoms with Gasteiger partial charge in [0.2, 0.25) is 5.91 Å². The minimum Gasteiger partial charge on any atom is -0.444 e. The summed E-state index contributed by atoms with van der Waals surface area (Å²) in [6.07, 6.45) is -4.98. The van der Waals surface area contributed by atoms with Gasteiger partial charge in [0.05, 0.1) is 11.5 Å². The van der Waals surface area contributed by atoms with Crippen LogP contribution in [0, 0.1) is 5.92 Å². The highest BCUT2D eigenvalue weighted by atomic mass is 19.4. The van der Waals surface area contributed by atoms with E-state index in [1.54, 1.807) is 20.8 Å². The summed E-state index contributed by atoms with van der Waals surface area (Å²) < 4.78 is 43.1. The van der Waals surface area contributed by atoms with Crippen LogP contribution in [0.15, 0.2) is 24.3 Å². The van der Waals surface area contributed by atoms with Crippen molar-refractivity contribution >= 4 is 17.7 Å². The van der Waals surface area contributed by atoms with Crippen molar-refractivity contribution in [1.82, 2.24) is 4.90 Å². The number of ether oxygens (including phenoxy) is 1. The molecule has 8 heteroatoms. The highest BCUT2D eigenvalue weighted by Crippen LogP contribution is 2.31. The molecule has 1 N–H and O–H groups in total. The molecule has 1 aromatic rings. The number of halogens is 3. The molecule has 0 spiro atoms. The Balaban J connectivity index is 1.88. The number of hydrogen-bond acceptors (Lipinski definition) is 3. The topological polar surface area (TPSA) is 58.6 Å². The molecule has 1 heterocycles. The Morgan fingerprint density at radius 2 is 1.83 bits per heavy atom. The van der Waals surface area contributed by atoms with Gasteiger partial charge in [-0.05, 0) is 39.0 Å². The molecule has 0 radical (unpaired) electrons. The number of anilines is 1. The van der Waals surface area contributed by atoms with E-state index in [-0.39, 0.29) is 18.8 Å². The van der Waals surface area contributed by atoms with Crippen LogP contribution in [0.3, 0.4) is 0 Å². The van der Waals surface area contributed by atoms with Gasteiger partial charge in [-0.3, -0.25) is 4.79 Å². The predicted octanol–water partition coefficient (Wildman–Crippen LogP) is 3.51. The molecule has 2 amide bonds. The summed E-state index contributed by atoms with van der Waals surface area (Å²) in [5, 5.41) is 2.45. The summed E-state index contributed by atoms with van der Waals surface area (Å²) in [6, 6.07) is 4.43. The van der Waals surface area contributed by atoms with Crippen molar-refractivity contribution in [2.75, 3.05) is 18.4 Å². The van der Waals surface area contributed by atoms with Crippen molar-refractivity contribution in [2.24, 2.45) is 5.92 Å².